The number of rotatable bonds is 5. The van der Waals surface area contributed by atoms with Gasteiger partial charge in [0, 0.05) is 43.5 Å². The summed E-state index contributed by atoms with van der Waals surface area (Å²) in [6.07, 6.45) is 0.400. The number of urea groups is 1. The molecule has 0 saturated carbocycles. The second kappa shape index (κ2) is 8.76. The van der Waals surface area contributed by atoms with E-state index >= 15 is 0 Å². The van der Waals surface area contributed by atoms with Crippen molar-refractivity contribution < 1.29 is 14.3 Å². The van der Waals surface area contributed by atoms with Gasteiger partial charge in [-0.1, -0.05) is 0 Å². The molecule has 1 unspecified atom stereocenters. The smallest absolute Gasteiger partial charge is 0.318 e. The van der Waals surface area contributed by atoms with Crippen LogP contribution in [-0.4, -0.2) is 59.6 Å². The van der Waals surface area contributed by atoms with E-state index in [2.05, 4.69) is 15.3 Å². The Morgan fingerprint density at radius 1 is 1.28 bits per heavy atom. The zero-order valence-electron chi connectivity index (χ0n) is 16.8. The third kappa shape index (κ3) is 4.74. The van der Waals surface area contributed by atoms with E-state index in [9.17, 15) is 14.4 Å². The van der Waals surface area contributed by atoms with Crippen LogP contribution < -0.4 is 20.5 Å². The summed E-state index contributed by atoms with van der Waals surface area (Å²) < 4.78 is 5.15. The summed E-state index contributed by atoms with van der Waals surface area (Å²) in [4.78, 5) is 46.9. The van der Waals surface area contributed by atoms with Gasteiger partial charge in [-0.2, -0.15) is 0 Å². The van der Waals surface area contributed by atoms with Crippen LogP contribution in [0.25, 0.3) is 0 Å². The summed E-state index contributed by atoms with van der Waals surface area (Å²) >= 11 is 0. The normalized spacial score (nSPS) is 16.7. The number of piperazine rings is 1. The Morgan fingerprint density at radius 2 is 2.00 bits per heavy atom. The Morgan fingerprint density at radius 3 is 2.66 bits per heavy atom. The van der Waals surface area contributed by atoms with E-state index in [-0.39, 0.29) is 17.5 Å². The fraction of sp³-hybridized carbons (Fsp3) is 0.400. The maximum Gasteiger partial charge on any atom is 0.318 e. The maximum atomic E-state index is 12.8. The van der Waals surface area contributed by atoms with Gasteiger partial charge in [0.2, 0.25) is 5.91 Å². The van der Waals surface area contributed by atoms with Crippen molar-refractivity contribution in [1.29, 1.82) is 0 Å². The number of aryl methyl sites for hydroxylation is 1. The summed E-state index contributed by atoms with van der Waals surface area (Å²) in [5, 5.41) is 2.80. The highest BCUT2D eigenvalue weighted by Gasteiger charge is 2.34. The van der Waals surface area contributed by atoms with Crippen molar-refractivity contribution in [2.75, 3.05) is 31.6 Å². The summed E-state index contributed by atoms with van der Waals surface area (Å²) in [6, 6.07) is 7.78. The molecule has 2 heterocycles. The molecule has 1 aliphatic rings. The lowest BCUT2D eigenvalue weighted by Crippen LogP contribution is -2.59. The number of aromatic nitrogens is 2. The summed E-state index contributed by atoms with van der Waals surface area (Å²) in [6.45, 7) is 4.61. The molecule has 1 aliphatic heterocycles. The zero-order chi connectivity index (χ0) is 21.0. The first-order chi connectivity index (χ1) is 13.9. The van der Waals surface area contributed by atoms with Gasteiger partial charge < -0.3 is 24.8 Å². The van der Waals surface area contributed by atoms with E-state index in [1.54, 1.807) is 38.0 Å². The number of nitrogens with zero attached hydrogens (tertiary/aromatic N) is 3. The highest BCUT2D eigenvalue weighted by atomic mass is 16.5. The molecule has 0 spiro atoms. The monoisotopic (exact) mass is 399 g/mol. The largest absolute Gasteiger partial charge is 0.497 e. The molecule has 154 valence electrons. The van der Waals surface area contributed by atoms with Gasteiger partial charge in [-0.25, -0.2) is 9.78 Å². The second-order valence-electron chi connectivity index (χ2n) is 6.87. The van der Waals surface area contributed by atoms with Crippen LogP contribution in [0.3, 0.4) is 0 Å². The van der Waals surface area contributed by atoms with Crippen molar-refractivity contribution in [3.8, 4) is 5.75 Å². The Labute approximate surface area is 168 Å². The van der Waals surface area contributed by atoms with Gasteiger partial charge in [-0.3, -0.25) is 9.59 Å². The first-order valence-electron chi connectivity index (χ1n) is 9.46. The molecule has 1 aromatic heterocycles. The SMILES string of the molecule is COc1ccc(N2CCN(C(=O)NCCc3nc(C)cc(=O)[nH]3)C(C)C2=O)cc1. The summed E-state index contributed by atoms with van der Waals surface area (Å²) in [7, 11) is 1.59. The lowest BCUT2D eigenvalue weighted by molar-refractivity contribution is -0.124. The molecule has 1 atom stereocenters. The van der Waals surface area contributed by atoms with Crippen LogP contribution in [0.5, 0.6) is 5.75 Å². The fourth-order valence-corrected chi connectivity index (χ4v) is 3.32. The Hall–Kier alpha value is -3.36. The topological polar surface area (TPSA) is 108 Å². The predicted molar refractivity (Wildman–Crippen MR) is 108 cm³/mol. The first kappa shape index (κ1) is 20.4. The number of anilines is 1. The number of benzene rings is 1. The Kier molecular flexibility index (Phi) is 6.16. The molecule has 29 heavy (non-hydrogen) atoms. The Bertz CT molecular complexity index is 941. The average molecular weight is 399 g/mol. The minimum absolute atomic E-state index is 0.138. The minimum Gasteiger partial charge on any atom is -0.497 e. The van der Waals surface area contributed by atoms with Gasteiger partial charge in [-0.05, 0) is 38.1 Å². The molecule has 0 radical (unpaired) electrons. The van der Waals surface area contributed by atoms with Gasteiger partial charge in [-0.15, -0.1) is 0 Å². The first-order valence-corrected chi connectivity index (χ1v) is 9.46. The second-order valence-corrected chi connectivity index (χ2v) is 6.87. The highest BCUT2D eigenvalue weighted by Crippen LogP contribution is 2.23. The number of hydrogen-bond acceptors (Lipinski definition) is 5. The van der Waals surface area contributed by atoms with Crippen LogP contribution in [-0.2, 0) is 11.2 Å². The number of carbonyl (C=O) groups is 2. The molecule has 0 bridgehead atoms. The number of carbonyl (C=O) groups excluding carboxylic acids is 2. The van der Waals surface area contributed by atoms with Crippen LogP contribution in [0.15, 0.2) is 35.1 Å². The van der Waals surface area contributed by atoms with Crippen LogP contribution in [0.2, 0.25) is 0 Å². The van der Waals surface area contributed by atoms with Crippen molar-refractivity contribution in [1.82, 2.24) is 20.2 Å². The van der Waals surface area contributed by atoms with E-state index in [4.69, 9.17) is 4.74 Å². The number of hydrogen-bond donors (Lipinski definition) is 2. The van der Waals surface area contributed by atoms with Crippen molar-refractivity contribution in [2.45, 2.75) is 26.3 Å². The number of H-pyrrole nitrogens is 1. The van der Waals surface area contributed by atoms with Crippen LogP contribution >= 0.6 is 0 Å². The number of ether oxygens (including phenoxy) is 1. The molecular formula is C20H25N5O4. The molecular weight excluding hydrogens is 374 g/mol. The maximum absolute atomic E-state index is 12.8. The summed E-state index contributed by atoms with van der Waals surface area (Å²) in [5.74, 6) is 1.10. The molecule has 9 heteroatoms. The Balaban J connectivity index is 1.56. The van der Waals surface area contributed by atoms with E-state index in [1.165, 1.54) is 11.0 Å². The van der Waals surface area contributed by atoms with Crippen molar-refractivity contribution in [2.24, 2.45) is 0 Å². The number of amides is 3. The molecule has 2 N–H and O–H groups in total. The zero-order valence-corrected chi connectivity index (χ0v) is 16.8. The fourth-order valence-electron chi connectivity index (χ4n) is 3.32. The van der Waals surface area contributed by atoms with E-state index in [0.717, 1.165) is 11.4 Å². The van der Waals surface area contributed by atoms with Crippen molar-refractivity contribution >= 4 is 17.6 Å². The van der Waals surface area contributed by atoms with Crippen LogP contribution in [0, 0.1) is 6.92 Å². The molecule has 1 saturated heterocycles. The third-order valence-corrected chi connectivity index (χ3v) is 4.86. The van der Waals surface area contributed by atoms with Crippen LogP contribution in [0.4, 0.5) is 10.5 Å². The van der Waals surface area contributed by atoms with Crippen LogP contribution in [0.1, 0.15) is 18.4 Å². The molecule has 3 rings (SSSR count). The molecule has 9 nitrogen and oxygen atoms in total. The quantitative estimate of drug-likeness (QED) is 0.782. The lowest BCUT2D eigenvalue weighted by Gasteiger charge is -2.39. The molecule has 1 aromatic carbocycles. The average Bonchev–Trinajstić information content (AvgIpc) is 2.69. The van der Waals surface area contributed by atoms with Gasteiger partial charge >= 0.3 is 6.03 Å². The standard InChI is InChI=1S/C20H25N5O4/c1-13-12-18(26)23-17(22-13)8-9-21-20(28)24-10-11-25(19(27)14(24)2)15-4-6-16(29-3)7-5-15/h4-7,12,14H,8-11H2,1-3H3,(H,21,28)(H,22,23,26). The van der Waals surface area contributed by atoms with Crippen molar-refractivity contribution in [3.63, 3.8) is 0 Å². The number of nitrogens with one attached hydrogen (secondary N) is 2. The minimum atomic E-state index is -0.581. The lowest BCUT2D eigenvalue weighted by atomic mass is 10.1. The predicted octanol–water partition coefficient (Wildman–Crippen LogP) is 1.08. The molecule has 2 aromatic rings. The van der Waals surface area contributed by atoms with E-state index < -0.39 is 6.04 Å². The molecule has 3 amide bonds. The van der Waals surface area contributed by atoms with Gasteiger partial charge in [0.15, 0.2) is 0 Å². The molecule has 1 fully saturated rings. The van der Waals surface area contributed by atoms with Gasteiger partial charge in [0.25, 0.3) is 5.56 Å². The van der Waals surface area contributed by atoms with Gasteiger partial charge in [0.05, 0.1) is 7.11 Å². The third-order valence-electron chi connectivity index (χ3n) is 4.86. The number of methoxy groups -OCH3 is 1. The van der Waals surface area contributed by atoms with E-state index in [0.29, 0.717) is 37.6 Å². The number of aromatic amines is 1. The molecule has 0 aliphatic carbocycles. The highest BCUT2D eigenvalue weighted by molar-refractivity contribution is 6.00. The van der Waals surface area contributed by atoms with Gasteiger partial charge in [0.1, 0.15) is 17.6 Å². The summed E-state index contributed by atoms with van der Waals surface area (Å²) in [5.41, 5.74) is 1.19. The van der Waals surface area contributed by atoms with Crippen molar-refractivity contribution in [3.05, 3.63) is 52.2 Å². The van der Waals surface area contributed by atoms with E-state index in [1.807, 2.05) is 12.1 Å².